The topological polar surface area (TPSA) is 130 Å². The number of hydroxylamine groups is 2. The van der Waals surface area contributed by atoms with Crippen LogP contribution in [0.25, 0.3) is 0 Å². The molecular formula is C16H22N5NaO6S2Si. The molecule has 2 aromatic heterocycles. The van der Waals surface area contributed by atoms with Crippen LogP contribution in [0.5, 0.6) is 0 Å². The summed E-state index contributed by atoms with van der Waals surface area (Å²) in [6.07, 6.45) is 3.38. The maximum absolute atomic E-state index is 12.9. The van der Waals surface area contributed by atoms with Crippen LogP contribution in [0, 0.1) is 0 Å². The van der Waals surface area contributed by atoms with E-state index >= 15 is 0 Å². The van der Waals surface area contributed by atoms with Crippen LogP contribution in [0.3, 0.4) is 0 Å². The van der Waals surface area contributed by atoms with E-state index in [2.05, 4.69) is 33.9 Å². The van der Waals surface area contributed by atoms with Gasteiger partial charge in [0.1, 0.15) is 24.6 Å². The molecule has 1 saturated heterocycles. The molecule has 4 rings (SSSR count). The second-order valence-corrected chi connectivity index (χ2v) is 15.8. The molecule has 0 spiro atoms. The van der Waals surface area contributed by atoms with E-state index in [4.69, 9.17) is 4.74 Å². The zero-order valence-corrected chi connectivity index (χ0v) is 22.4. The number of carbonyl (C=O) groups excluding carboxylic acids is 1. The zero-order chi connectivity index (χ0) is 21.7. The van der Waals surface area contributed by atoms with Crippen molar-refractivity contribution in [1.82, 2.24) is 24.5 Å². The average Bonchev–Trinajstić information content (AvgIpc) is 3.34. The Labute approximate surface area is 207 Å². The first-order chi connectivity index (χ1) is 14.1. The number of urea groups is 1. The van der Waals surface area contributed by atoms with Gasteiger partial charge in [0.25, 0.3) is 0 Å². The van der Waals surface area contributed by atoms with Crippen molar-refractivity contribution in [3.8, 4) is 0 Å². The molecule has 31 heavy (non-hydrogen) atoms. The first-order valence-corrected chi connectivity index (χ1v) is 15.2. The van der Waals surface area contributed by atoms with E-state index in [1.165, 1.54) is 16.2 Å². The standard InChI is InChI=1S/C16H23N5O6S2Si.Na/c1-30(2,3)7-6-26-10-19-5-4-17-15(19)13-12-14(28-9-18-12)11-8-20(13)16(22)21(11)27-29(23,24)25;/h4-5,9,11,13H,6-8,10H2,1-3H3,(H,23,24,25);/q;+1/p-1/t11-,13+;/m1./s1. The molecule has 2 aliphatic heterocycles. The molecule has 15 heteroatoms. The number of ether oxygens (including phenoxy) is 1. The van der Waals surface area contributed by atoms with Crippen LogP contribution in [0.15, 0.2) is 17.9 Å². The Hall–Kier alpha value is -0.843. The second-order valence-electron chi connectivity index (χ2n) is 8.37. The summed E-state index contributed by atoms with van der Waals surface area (Å²) in [6.45, 7) is 7.89. The predicted molar refractivity (Wildman–Crippen MR) is 108 cm³/mol. The van der Waals surface area contributed by atoms with Gasteiger partial charge in [-0.1, -0.05) is 19.6 Å². The number of rotatable bonds is 8. The van der Waals surface area contributed by atoms with Gasteiger partial charge in [0, 0.05) is 27.1 Å². The average molecular weight is 496 g/mol. The van der Waals surface area contributed by atoms with E-state index < -0.39 is 36.6 Å². The van der Waals surface area contributed by atoms with E-state index in [1.54, 1.807) is 22.5 Å². The van der Waals surface area contributed by atoms with Crippen LogP contribution in [0.1, 0.15) is 28.5 Å². The Kier molecular flexibility index (Phi) is 7.35. The fraction of sp³-hybridized carbons (Fsp3) is 0.562. The summed E-state index contributed by atoms with van der Waals surface area (Å²) in [7, 11) is -6.31. The van der Waals surface area contributed by atoms with Gasteiger partial charge in [-0.3, -0.25) is 0 Å². The number of hydrogen-bond donors (Lipinski definition) is 0. The van der Waals surface area contributed by atoms with Gasteiger partial charge in [-0.05, 0) is 6.04 Å². The SMILES string of the molecule is C[Si](C)(C)CCOCn1ccnc1[C@@H]1c2ncsc2[C@H]2CN1C(=O)N2OS(=O)(=O)[O-].[Na+]. The molecule has 2 bridgehead atoms. The molecule has 0 radical (unpaired) electrons. The van der Waals surface area contributed by atoms with E-state index in [9.17, 15) is 17.8 Å². The van der Waals surface area contributed by atoms with Crippen molar-refractivity contribution in [1.29, 1.82) is 0 Å². The molecule has 0 N–H and O–H groups in total. The van der Waals surface area contributed by atoms with Crippen molar-refractivity contribution in [2.75, 3.05) is 13.2 Å². The molecule has 0 aromatic carbocycles. The van der Waals surface area contributed by atoms with Crippen LogP contribution in [0.4, 0.5) is 4.79 Å². The van der Waals surface area contributed by atoms with E-state index in [1.807, 2.05) is 0 Å². The smallest absolute Gasteiger partial charge is 0.724 e. The summed E-state index contributed by atoms with van der Waals surface area (Å²) in [5.41, 5.74) is 2.21. The quantitative estimate of drug-likeness (QED) is 0.196. The fourth-order valence-electron chi connectivity index (χ4n) is 3.53. The Balaban J connectivity index is 0.00000272. The molecule has 2 amide bonds. The van der Waals surface area contributed by atoms with Gasteiger partial charge in [-0.15, -0.1) is 11.3 Å². The summed E-state index contributed by atoms with van der Waals surface area (Å²) in [4.78, 5) is 23.8. The molecule has 1 fully saturated rings. The van der Waals surface area contributed by atoms with Crippen molar-refractivity contribution in [2.45, 2.75) is 44.5 Å². The van der Waals surface area contributed by atoms with Crippen LogP contribution >= 0.6 is 11.3 Å². The number of carbonyl (C=O) groups is 1. The summed E-state index contributed by atoms with van der Waals surface area (Å²) >= 11 is 1.28. The third-order valence-electron chi connectivity index (χ3n) is 4.97. The number of imidazole rings is 1. The molecule has 2 aromatic rings. The molecule has 2 atom stereocenters. The number of nitrogens with zero attached hydrogens (tertiary/aromatic N) is 5. The Bertz CT molecular complexity index is 1060. The maximum Gasteiger partial charge on any atom is 1.00 e. The molecule has 11 nitrogen and oxygen atoms in total. The minimum absolute atomic E-state index is 0. The van der Waals surface area contributed by atoms with E-state index in [-0.39, 0.29) is 42.8 Å². The Morgan fingerprint density at radius 2 is 2.06 bits per heavy atom. The second kappa shape index (κ2) is 9.19. The van der Waals surface area contributed by atoms with Crippen LogP contribution < -0.4 is 29.6 Å². The van der Waals surface area contributed by atoms with Gasteiger partial charge in [0.15, 0.2) is 0 Å². The maximum atomic E-state index is 12.9. The molecular weight excluding hydrogens is 473 g/mol. The monoisotopic (exact) mass is 495 g/mol. The Morgan fingerprint density at radius 3 is 2.74 bits per heavy atom. The molecule has 0 unspecified atom stereocenters. The van der Waals surface area contributed by atoms with Gasteiger partial charge in [-0.2, -0.15) is 9.35 Å². The van der Waals surface area contributed by atoms with Gasteiger partial charge < -0.3 is 18.8 Å². The first-order valence-electron chi connectivity index (χ1n) is 9.32. The number of amides is 2. The van der Waals surface area contributed by atoms with E-state index in [0.29, 0.717) is 28.1 Å². The van der Waals surface area contributed by atoms with Gasteiger partial charge in [-0.25, -0.2) is 23.2 Å². The molecule has 2 aliphatic rings. The van der Waals surface area contributed by atoms with Crippen molar-refractivity contribution in [3.63, 3.8) is 0 Å². The van der Waals surface area contributed by atoms with Crippen molar-refractivity contribution in [3.05, 3.63) is 34.3 Å². The van der Waals surface area contributed by atoms with E-state index in [0.717, 1.165) is 6.04 Å². The molecule has 0 saturated carbocycles. The summed E-state index contributed by atoms with van der Waals surface area (Å²) in [5, 5.41) is 0.622. The predicted octanol–water partition coefficient (Wildman–Crippen LogP) is -1.07. The minimum Gasteiger partial charge on any atom is -0.724 e. The minimum atomic E-state index is -5.10. The van der Waals surface area contributed by atoms with Crippen molar-refractivity contribution >= 4 is 35.8 Å². The zero-order valence-electron chi connectivity index (χ0n) is 17.7. The summed E-state index contributed by atoms with van der Waals surface area (Å²) < 4.78 is 45.4. The third-order valence-corrected chi connectivity index (χ3v) is 7.97. The largest absolute Gasteiger partial charge is 1.00 e. The summed E-state index contributed by atoms with van der Waals surface area (Å²) in [6, 6.07) is -1.03. The third kappa shape index (κ3) is 5.22. The normalized spacial score (nSPS) is 20.7. The molecule has 4 heterocycles. The Morgan fingerprint density at radius 1 is 1.32 bits per heavy atom. The molecule has 164 valence electrons. The van der Waals surface area contributed by atoms with Crippen LogP contribution in [0.2, 0.25) is 25.7 Å². The van der Waals surface area contributed by atoms with Crippen LogP contribution in [-0.4, -0.2) is 64.7 Å². The van der Waals surface area contributed by atoms with Gasteiger partial charge in [0.05, 0.1) is 22.6 Å². The number of thiazole rings is 1. The summed E-state index contributed by atoms with van der Waals surface area (Å²) in [5.74, 6) is 0.550. The van der Waals surface area contributed by atoms with Crippen molar-refractivity contribution in [2.24, 2.45) is 0 Å². The fourth-order valence-corrected chi connectivity index (χ4v) is 5.55. The molecule has 0 aliphatic carbocycles. The van der Waals surface area contributed by atoms with Crippen molar-refractivity contribution < 1.29 is 56.3 Å². The number of aromatic nitrogens is 3. The van der Waals surface area contributed by atoms with Gasteiger partial charge >= 0.3 is 35.6 Å². The first kappa shape index (κ1) is 24.8. The van der Waals surface area contributed by atoms with Crippen LogP contribution in [-0.2, 0) is 26.2 Å². The number of hydrogen-bond acceptors (Lipinski definition) is 9. The number of fused-ring (bicyclic) bond motifs is 4. The van der Waals surface area contributed by atoms with Gasteiger partial charge in [0.2, 0.25) is 10.4 Å².